The highest BCUT2D eigenvalue weighted by atomic mass is 35.5. The quantitative estimate of drug-likeness (QED) is 0.667. The fourth-order valence-electron chi connectivity index (χ4n) is 2.91. The molecule has 0 unspecified atom stereocenters. The first-order chi connectivity index (χ1) is 12.1. The molecule has 8 heteroatoms. The maximum atomic E-state index is 9.67. The van der Waals surface area contributed by atoms with Crippen LogP contribution in [0.3, 0.4) is 0 Å². The summed E-state index contributed by atoms with van der Waals surface area (Å²) >= 11 is 14.2. The fraction of sp³-hybridized carbons (Fsp3) is 0.0588. The van der Waals surface area contributed by atoms with Crippen molar-refractivity contribution in [3.8, 4) is 22.5 Å². The van der Waals surface area contributed by atoms with Gasteiger partial charge < -0.3 is 10.5 Å². The highest BCUT2D eigenvalue weighted by Crippen LogP contribution is 2.48. The van der Waals surface area contributed by atoms with Crippen molar-refractivity contribution in [3.63, 3.8) is 0 Å². The molecular weight excluding hydrogens is 379 g/mol. The van der Waals surface area contributed by atoms with Crippen LogP contribution in [0.1, 0.15) is 17.0 Å². The van der Waals surface area contributed by atoms with Crippen LogP contribution in [0.4, 0.5) is 0 Å². The number of nitrogens with zero attached hydrogens (tertiary/aromatic N) is 2. The molecule has 1 atom stereocenters. The number of H-pyrrole nitrogens is 1. The molecule has 3 aromatic rings. The zero-order valence-corrected chi connectivity index (χ0v) is 14.9. The van der Waals surface area contributed by atoms with Crippen molar-refractivity contribution in [1.82, 2.24) is 10.2 Å². The smallest absolute Gasteiger partial charge is 0.244 e. The molecule has 124 valence electrons. The second-order valence-electron chi connectivity index (χ2n) is 5.36. The van der Waals surface area contributed by atoms with Gasteiger partial charge in [-0.05, 0) is 23.1 Å². The highest BCUT2D eigenvalue weighted by molar-refractivity contribution is 7.13. The SMILES string of the molecule is N#CC1=C(N)Oc2n[nH]c(-c3cccs3)c2[C@H]1c1cccc(Cl)c1Cl. The molecule has 25 heavy (non-hydrogen) atoms. The lowest BCUT2D eigenvalue weighted by molar-refractivity contribution is 0.379. The second-order valence-corrected chi connectivity index (χ2v) is 7.10. The number of nitriles is 1. The van der Waals surface area contributed by atoms with Crippen molar-refractivity contribution in [1.29, 1.82) is 5.26 Å². The van der Waals surface area contributed by atoms with E-state index in [2.05, 4.69) is 16.3 Å². The zero-order chi connectivity index (χ0) is 17.6. The van der Waals surface area contributed by atoms with Crippen LogP contribution in [0.15, 0.2) is 47.2 Å². The number of hydrogen-bond donors (Lipinski definition) is 2. The number of hydrogen-bond acceptors (Lipinski definition) is 5. The molecule has 4 rings (SSSR count). The largest absolute Gasteiger partial charge is 0.420 e. The predicted octanol–water partition coefficient (Wildman–Crippen LogP) is 4.66. The van der Waals surface area contributed by atoms with Crippen LogP contribution in [0.25, 0.3) is 10.6 Å². The molecule has 0 fully saturated rings. The molecule has 0 amide bonds. The highest BCUT2D eigenvalue weighted by Gasteiger charge is 2.37. The minimum Gasteiger partial charge on any atom is -0.420 e. The van der Waals surface area contributed by atoms with E-state index >= 15 is 0 Å². The third-order valence-electron chi connectivity index (χ3n) is 4.00. The lowest BCUT2D eigenvalue weighted by Crippen LogP contribution is -2.21. The Hall–Kier alpha value is -2.46. The Bertz CT molecular complexity index is 1030. The van der Waals surface area contributed by atoms with Gasteiger partial charge in [-0.2, -0.15) is 5.26 Å². The van der Waals surface area contributed by atoms with Crippen molar-refractivity contribution in [2.24, 2.45) is 5.73 Å². The summed E-state index contributed by atoms with van der Waals surface area (Å²) in [6.45, 7) is 0. The molecule has 3 heterocycles. The summed E-state index contributed by atoms with van der Waals surface area (Å²) in [5.74, 6) is -0.169. The van der Waals surface area contributed by atoms with Crippen LogP contribution in [0.5, 0.6) is 5.88 Å². The van der Waals surface area contributed by atoms with Crippen LogP contribution in [-0.2, 0) is 0 Å². The fourth-order valence-corrected chi connectivity index (χ4v) is 4.06. The van der Waals surface area contributed by atoms with Gasteiger partial charge in [-0.25, -0.2) is 0 Å². The number of aromatic amines is 1. The summed E-state index contributed by atoms with van der Waals surface area (Å²) in [4.78, 5) is 0.971. The Balaban J connectivity index is 2.01. The second kappa shape index (κ2) is 6.12. The molecule has 0 saturated carbocycles. The Morgan fingerprint density at radius 3 is 2.84 bits per heavy atom. The van der Waals surface area contributed by atoms with Gasteiger partial charge in [-0.3, -0.25) is 5.10 Å². The maximum Gasteiger partial charge on any atom is 0.244 e. The third-order valence-corrected chi connectivity index (χ3v) is 5.72. The number of allylic oxidation sites excluding steroid dienone is 1. The third kappa shape index (κ3) is 2.48. The average molecular weight is 389 g/mol. The number of thiophene rings is 1. The number of rotatable bonds is 2. The van der Waals surface area contributed by atoms with Crippen molar-refractivity contribution in [2.75, 3.05) is 0 Å². The standard InChI is InChI=1S/C17H10Cl2N4OS/c18-10-4-1-3-8(14(10)19)12-9(7-20)16(21)24-17-13(12)15(22-23-17)11-5-2-6-25-11/h1-6,12H,21H2,(H,22,23)/t12-/m0/s1. The van der Waals surface area contributed by atoms with Crippen molar-refractivity contribution >= 4 is 34.5 Å². The van der Waals surface area contributed by atoms with Crippen LogP contribution in [0.2, 0.25) is 10.0 Å². The van der Waals surface area contributed by atoms with Crippen LogP contribution in [-0.4, -0.2) is 10.2 Å². The molecule has 1 aliphatic rings. The van der Waals surface area contributed by atoms with E-state index in [4.69, 9.17) is 33.7 Å². The van der Waals surface area contributed by atoms with Gasteiger partial charge in [0, 0.05) is 0 Å². The normalized spacial score (nSPS) is 16.3. The van der Waals surface area contributed by atoms with Crippen LogP contribution in [0, 0.1) is 11.3 Å². The van der Waals surface area contributed by atoms with Gasteiger partial charge in [0.25, 0.3) is 0 Å². The molecule has 0 spiro atoms. The van der Waals surface area contributed by atoms with E-state index in [0.29, 0.717) is 21.5 Å². The summed E-state index contributed by atoms with van der Waals surface area (Å²) < 4.78 is 5.56. The molecule has 5 nitrogen and oxygen atoms in total. The van der Waals surface area contributed by atoms with Crippen molar-refractivity contribution in [3.05, 3.63) is 68.3 Å². The number of nitrogens with one attached hydrogen (secondary N) is 1. The monoisotopic (exact) mass is 388 g/mol. The van der Waals surface area contributed by atoms with Crippen LogP contribution < -0.4 is 10.5 Å². The van der Waals surface area contributed by atoms with E-state index in [9.17, 15) is 5.26 Å². The summed E-state index contributed by atoms with van der Waals surface area (Å²) in [5.41, 5.74) is 8.40. The number of ether oxygens (including phenoxy) is 1. The number of halogens is 2. The molecule has 2 aromatic heterocycles. The van der Waals surface area contributed by atoms with Crippen LogP contribution >= 0.6 is 34.5 Å². The average Bonchev–Trinajstić information content (AvgIpc) is 3.25. The van der Waals surface area contributed by atoms with Gasteiger partial charge in [0.2, 0.25) is 11.8 Å². The van der Waals surface area contributed by atoms with Crippen molar-refractivity contribution in [2.45, 2.75) is 5.92 Å². The number of fused-ring (bicyclic) bond motifs is 1. The first-order valence-electron chi connectivity index (χ1n) is 7.25. The summed E-state index contributed by atoms with van der Waals surface area (Å²) in [5, 5.41) is 19.6. The molecule has 1 aliphatic heterocycles. The van der Waals surface area contributed by atoms with Gasteiger partial charge in [-0.1, -0.05) is 41.4 Å². The topological polar surface area (TPSA) is 87.7 Å². The van der Waals surface area contributed by atoms with Gasteiger partial charge >= 0.3 is 0 Å². The first-order valence-corrected chi connectivity index (χ1v) is 8.89. The summed E-state index contributed by atoms with van der Waals surface area (Å²) in [6, 6.07) is 11.3. The Labute approximate surface area is 157 Å². The molecule has 3 N–H and O–H groups in total. The predicted molar refractivity (Wildman–Crippen MR) is 97.7 cm³/mol. The minimum atomic E-state index is -0.518. The summed E-state index contributed by atoms with van der Waals surface area (Å²) in [7, 11) is 0. The van der Waals surface area contributed by atoms with Gasteiger partial charge in [-0.15, -0.1) is 16.4 Å². The molecular formula is C17H10Cl2N4OS. The van der Waals surface area contributed by atoms with E-state index in [1.807, 2.05) is 23.6 Å². The lowest BCUT2D eigenvalue weighted by atomic mass is 9.84. The molecule has 0 bridgehead atoms. The first kappa shape index (κ1) is 16.0. The van der Waals surface area contributed by atoms with E-state index in [1.165, 1.54) is 0 Å². The number of nitrogens with two attached hydrogens (primary N) is 1. The number of benzene rings is 1. The van der Waals surface area contributed by atoms with Gasteiger partial charge in [0.1, 0.15) is 11.6 Å². The molecule has 0 radical (unpaired) electrons. The van der Waals surface area contributed by atoms with E-state index in [-0.39, 0.29) is 11.5 Å². The van der Waals surface area contributed by atoms with E-state index < -0.39 is 5.92 Å². The minimum absolute atomic E-state index is 0.0141. The zero-order valence-electron chi connectivity index (χ0n) is 12.6. The maximum absolute atomic E-state index is 9.67. The Morgan fingerprint density at radius 2 is 2.12 bits per heavy atom. The Kier molecular flexibility index (Phi) is 3.92. The lowest BCUT2D eigenvalue weighted by Gasteiger charge is -2.24. The molecule has 1 aromatic carbocycles. The van der Waals surface area contributed by atoms with Crippen molar-refractivity contribution < 1.29 is 4.74 Å². The van der Waals surface area contributed by atoms with E-state index in [1.54, 1.807) is 23.5 Å². The number of aromatic nitrogens is 2. The molecule has 0 saturated heterocycles. The van der Waals surface area contributed by atoms with Gasteiger partial charge in [0.05, 0.1) is 32.1 Å². The summed E-state index contributed by atoms with van der Waals surface area (Å²) in [6.07, 6.45) is 0. The van der Waals surface area contributed by atoms with Gasteiger partial charge in [0.15, 0.2) is 0 Å². The van der Waals surface area contributed by atoms with E-state index in [0.717, 1.165) is 16.1 Å². The Morgan fingerprint density at radius 1 is 1.28 bits per heavy atom. The molecule has 0 aliphatic carbocycles.